The van der Waals surface area contributed by atoms with Crippen molar-refractivity contribution < 1.29 is 4.74 Å². The van der Waals surface area contributed by atoms with Gasteiger partial charge in [0.25, 0.3) is 0 Å². The molecule has 3 rings (SSSR count). The Balaban J connectivity index is 0.000000853. The van der Waals surface area contributed by atoms with Crippen molar-refractivity contribution in [1.82, 2.24) is 5.32 Å². The van der Waals surface area contributed by atoms with E-state index in [0.717, 1.165) is 19.7 Å². The van der Waals surface area contributed by atoms with E-state index in [1.807, 2.05) is 0 Å². The molecule has 0 radical (unpaired) electrons. The first-order chi connectivity index (χ1) is 6.86. The second-order valence-electron chi connectivity index (χ2n) is 4.26. The fourth-order valence-corrected chi connectivity index (χ4v) is 2.60. The lowest BCUT2D eigenvalue weighted by molar-refractivity contribution is 0.0296. The van der Waals surface area contributed by atoms with Gasteiger partial charge in [-0.25, -0.2) is 0 Å². The lowest BCUT2D eigenvalue weighted by atomic mass is 9.87. The molecule has 1 aromatic carbocycles. The number of halogens is 1. The van der Waals surface area contributed by atoms with Crippen molar-refractivity contribution in [1.29, 1.82) is 0 Å². The van der Waals surface area contributed by atoms with Gasteiger partial charge in [-0.05, 0) is 23.6 Å². The monoisotopic (exact) mass is 225 g/mol. The average Bonchev–Trinajstić information content (AvgIpc) is 2.66. The predicted octanol–water partition coefficient (Wildman–Crippen LogP) is 2.00. The fourth-order valence-electron chi connectivity index (χ4n) is 2.60. The van der Waals surface area contributed by atoms with Crippen LogP contribution in [0.5, 0.6) is 0 Å². The van der Waals surface area contributed by atoms with Crippen molar-refractivity contribution in [2.45, 2.75) is 25.6 Å². The molecule has 0 bridgehead atoms. The Morgan fingerprint density at radius 2 is 2.20 bits per heavy atom. The summed E-state index contributed by atoms with van der Waals surface area (Å²) in [6.45, 7) is 5.05. The van der Waals surface area contributed by atoms with Gasteiger partial charge in [0, 0.05) is 19.0 Å². The smallest absolute Gasteiger partial charge is 0.0784 e. The average molecular weight is 226 g/mol. The third-order valence-electron chi connectivity index (χ3n) is 3.45. The third-order valence-corrected chi connectivity index (χ3v) is 3.45. The molecular weight excluding hydrogens is 210 g/mol. The molecule has 1 aromatic rings. The standard InChI is InChI=1S/C12H15NO.ClH/c1-8-3-2-4-9-10-5-13-6-12(10)14-7-11(8)9;/h2-4,10,12-13H,5-7H2,1H3;1H/t10-,12-;/m0./s1. The highest BCUT2D eigenvalue weighted by molar-refractivity contribution is 5.85. The number of fused-ring (bicyclic) bond motifs is 3. The van der Waals surface area contributed by atoms with Crippen LogP contribution in [0.2, 0.25) is 0 Å². The van der Waals surface area contributed by atoms with E-state index in [0.29, 0.717) is 12.0 Å². The van der Waals surface area contributed by atoms with Crippen LogP contribution in [0, 0.1) is 6.92 Å². The molecule has 2 heterocycles. The maximum absolute atomic E-state index is 5.85. The highest BCUT2D eigenvalue weighted by Crippen LogP contribution is 2.34. The first kappa shape index (κ1) is 10.9. The molecule has 0 spiro atoms. The summed E-state index contributed by atoms with van der Waals surface area (Å²) in [5.41, 5.74) is 4.29. The molecular formula is C12H16ClNO. The van der Waals surface area contributed by atoms with Gasteiger partial charge < -0.3 is 10.1 Å². The summed E-state index contributed by atoms with van der Waals surface area (Å²) in [6, 6.07) is 6.59. The Morgan fingerprint density at radius 1 is 1.33 bits per heavy atom. The topological polar surface area (TPSA) is 21.3 Å². The van der Waals surface area contributed by atoms with Crippen molar-refractivity contribution >= 4 is 12.4 Å². The quantitative estimate of drug-likeness (QED) is 0.730. The van der Waals surface area contributed by atoms with Crippen LogP contribution in [-0.2, 0) is 11.3 Å². The van der Waals surface area contributed by atoms with Gasteiger partial charge in [0.2, 0.25) is 0 Å². The first-order valence-electron chi connectivity index (χ1n) is 5.27. The fraction of sp³-hybridized carbons (Fsp3) is 0.500. The Kier molecular flexibility index (Phi) is 3.01. The van der Waals surface area contributed by atoms with Gasteiger partial charge in [0.1, 0.15) is 0 Å². The van der Waals surface area contributed by atoms with E-state index in [9.17, 15) is 0 Å². The second kappa shape index (κ2) is 4.12. The maximum atomic E-state index is 5.85. The molecule has 15 heavy (non-hydrogen) atoms. The van der Waals surface area contributed by atoms with Gasteiger partial charge in [-0.2, -0.15) is 0 Å². The minimum atomic E-state index is 0. The van der Waals surface area contributed by atoms with Gasteiger partial charge in [0.15, 0.2) is 0 Å². The van der Waals surface area contributed by atoms with E-state index in [1.54, 1.807) is 0 Å². The molecule has 0 amide bonds. The Morgan fingerprint density at radius 3 is 3.07 bits per heavy atom. The summed E-state index contributed by atoms with van der Waals surface area (Å²) in [5.74, 6) is 0.582. The zero-order valence-corrected chi connectivity index (χ0v) is 9.64. The van der Waals surface area contributed by atoms with Crippen LogP contribution >= 0.6 is 12.4 Å². The summed E-state index contributed by atoms with van der Waals surface area (Å²) in [4.78, 5) is 0. The molecule has 0 aliphatic carbocycles. The Bertz CT molecular complexity index is 367. The van der Waals surface area contributed by atoms with Crippen molar-refractivity contribution in [3.8, 4) is 0 Å². The molecule has 2 aliphatic heterocycles. The zero-order chi connectivity index (χ0) is 9.54. The first-order valence-corrected chi connectivity index (χ1v) is 5.27. The number of benzene rings is 1. The summed E-state index contributed by atoms with van der Waals surface area (Å²) >= 11 is 0. The van der Waals surface area contributed by atoms with Crippen LogP contribution in [0.15, 0.2) is 18.2 Å². The minimum Gasteiger partial charge on any atom is -0.372 e. The predicted molar refractivity (Wildman–Crippen MR) is 62.6 cm³/mol. The van der Waals surface area contributed by atoms with E-state index < -0.39 is 0 Å². The molecule has 1 fully saturated rings. The normalized spacial score (nSPS) is 27.8. The van der Waals surface area contributed by atoms with Crippen molar-refractivity contribution in [3.63, 3.8) is 0 Å². The molecule has 1 N–H and O–H groups in total. The number of aryl methyl sites for hydroxylation is 1. The number of hydrogen-bond acceptors (Lipinski definition) is 2. The van der Waals surface area contributed by atoms with Crippen LogP contribution < -0.4 is 5.32 Å². The molecule has 1 saturated heterocycles. The van der Waals surface area contributed by atoms with Crippen LogP contribution in [0.1, 0.15) is 22.6 Å². The lowest BCUT2D eigenvalue weighted by Gasteiger charge is -2.28. The van der Waals surface area contributed by atoms with Crippen molar-refractivity contribution in [3.05, 3.63) is 34.9 Å². The van der Waals surface area contributed by atoms with Crippen LogP contribution in [0.4, 0.5) is 0 Å². The summed E-state index contributed by atoms with van der Waals surface area (Å²) in [6.07, 6.45) is 0.407. The van der Waals surface area contributed by atoms with Crippen LogP contribution in [-0.4, -0.2) is 19.2 Å². The van der Waals surface area contributed by atoms with Gasteiger partial charge in [-0.1, -0.05) is 18.2 Å². The van der Waals surface area contributed by atoms with E-state index >= 15 is 0 Å². The number of ether oxygens (including phenoxy) is 1. The van der Waals surface area contributed by atoms with Gasteiger partial charge in [-0.15, -0.1) is 12.4 Å². The molecule has 0 unspecified atom stereocenters. The molecule has 2 atom stereocenters. The van der Waals surface area contributed by atoms with Crippen molar-refractivity contribution in [2.75, 3.05) is 13.1 Å². The van der Waals surface area contributed by atoms with E-state index in [-0.39, 0.29) is 12.4 Å². The SMILES string of the molecule is Cc1cccc2c1CO[C@H]1CNC[C@@H]21.Cl. The minimum absolute atomic E-state index is 0. The van der Waals surface area contributed by atoms with Gasteiger partial charge >= 0.3 is 0 Å². The van der Waals surface area contributed by atoms with E-state index in [4.69, 9.17) is 4.74 Å². The molecule has 82 valence electrons. The van der Waals surface area contributed by atoms with Crippen LogP contribution in [0.25, 0.3) is 0 Å². The molecule has 3 heteroatoms. The number of hydrogen-bond donors (Lipinski definition) is 1. The second-order valence-corrected chi connectivity index (χ2v) is 4.26. The zero-order valence-electron chi connectivity index (χ0n) is 8.82. The Labute approximate surface area is 96.4 Å². The van der Waals surface area contributed by atoms with Gasteiger partial charge in [0.05, 0.1) is 12.7 Å². The van der Waals surface area contributed by atoms with Gasteiger partial charge in [-0.3, -0.25) is 0 Å². The molecule has 2 nitrogen and oxygen atoms in total. The lowest BCUT2D eigenvalue weighted by Crippen LogP contribution is -2.27. The molecule has 2 aliphatic rings. The molecule has 0 aromatic heterocycles. The van der Waals surface area contributed by atoms with Crippen molar-refractivity contribution in [2.24, 2.45) is 0 Å². The largest absolute Gasteiger partial charge is 0.372 e. The third kappa shape index (κ3) is 1.67. The number of nitrogens with one attached hydrogen (secondary N) is 1. The van der Waals surface area contributed by atoms with E-state index in [2.05, 4.69) is 30.4 Å². The summed E-state index contributed by atoms with van der Waals surface area (Å²) in [7, 11) is 0. The highest BCUT2D eigenvalue weighted by Gasteiger charge is 2.34. The highest BCUT2D eigenvalue weighted by atomic mass is 35.5. The number of rotatable bonds is 0. The Hall–Kier alpha value is -0.570. The van der Waals surface area contributed by atoms with E-state index in [1.165, 1.54) is 16.7 Å². The summed E-state index contributed by atoms with van der Waals surface area (Å²) < 4.78 is 5.85. The molecule has 0 saturated carbocycles. The maximum Gasteiger partial charge on any atom is 0.0784 e. The van der Waals surface area contributed by atoms with Crippen LogP contribution in [0.3, 0.4) is 0 Å². The summed E-state index contributed by atoms with van der Waals surface area (Å²) in [5, 5.41) is 3.40.